The zero-order valence-electron chi connectivity index (χ0n) is 18.1. The molecule has 1 fully saturated rings. The number of hydrogen-bond donors (Lipinski definition) is 0. The van der Waals surface area contributed by atoms with Crippen LogP contribution in [0, 0.1) is 6.92 Å². The molecule has 1 amide bonds. The van der Waals surface area contributed by atoms with Gasteiger partial charge in [-0.1, -0.05) is 30.3 Å². The third-order valence-electron chi connectivity index (χ3n) is 5.61. The van der Waals surface area contributed by atoms with Crippen LogP contribution >= 0.6 is 0 Å². The van der Waals surface area contributed by atoms with Gasteiger partial charge in [0.1, 0.15) is 17.3 Å². The van der Waals surface area contributed by atoms with Crippen LogP contribution in [0.5, 0.6) is 0 Å². The molecule has 0 atom stereocenters. The Labute approximate surface area is 185 Å². The van der Waals surface area contributed by atoms with Gasteiger partial charge in [0.2, 0.25) is 0 Å². The van der Waals surface area contributed by atoms with Crippen molar-refractivity contribution >= 4 is 11.7 Å². The van der Waals surface area contributed by atoms with Crippen molar-refractivity contribution in [2.75, 3.05) is 31.1 Å². The fourth-order valence-electron chi connectivity index (χ4n) is 3.94. The van der Waals surface area contributed by atoms with E-state index in [0.717, 1.165) is 22.9 Å². The van der Waals surface area contributed by atoms with E-state index in [1.165, 1.54) is 0 Å². The Bertz CT molecular complexity index is 1220. The highest BCUT2D eigenvalue weighted by molar-refractivity contribution is 5.94. The van der Waals surface area contributed by atoms with E-state index in [1.807, 2.05) is 73.6 Å². The molecule has 32 heavy (non-hydrogen) atoms. The Kier molecular flexibility index (Phi) is 5.14. The number of hydrogen-bond acceptors (Lipinski definition) is 6. The van der Waals surface area contributed by atoms with E-state index in [9.17, 15) is 4.79 Å². The lowest BCUT2D eigenvalue weighted by atomic mass is 10.1. The molecule has 4 heterocycles. The Hall–Kier alpha value is -4.01. The van der Waals surface area contributed by atoms with Crippen LogP contribution < -0.4 is 4.90 Å². The smallest absolute Gasteiger partial charge is 0.272 e. The van der Waals surface area contributed by atoms with Crippen molar-refractivity contribution < 1.29 is 4.79 Å². The van der Waals surface area contributed by atoms with Gasteiger partial charge in [0.05, 0.1) is 5.69 Å². The summed E-state index contributed by atoms with van der Waals surface area (Å²) < 4.78 is 3.39. The molecule has 9 heteroatoms. The Morgan fingerprint density at radius 3 is 2.41 bits per heavy atom. The van der Waals surface area contributed by atoms with Crippen molar-refractivity contribution in [3.8, 4) is 17.1 Å². The predicted molar refractivity (Wildman–Crippen MR) is 121 cm³/mol. The van der Waals surface area contributed by atoms with E-state index in [-0.39, 0.29) is 5.91 Å². The van der Waals surface area contributed by atoms with E-state index in [1.54, 1.807) is 15.6 Å². The van der Waals surface area contributed by atoms with E-state index in [2.05, 4.69) is 25.1 Å². The lowest BCUT2D eigenvalue weighted by Crippen LogP contribution is -2.49. The van der Waals surface area contributed by atoms with Crippen molar-refractivity contribution in [1.82, 2.24) is 34.4 Å². The first-order valence-corrected chi connectivity index (χ1v) is 10.6. The molecular formula is C23H24N8O. The third kappa shape index (κ3) is 3.84. The lowest BCUT2D eigenvalue weighted by Gasteiger charge is -2.35. The van der Waals surface area contributed by atoms with Gasteiger partial charge in [0.25, 0.3) is 5.91 Å². The fraction of sp³-hybridized carbons (Fsp3) is 0.261. The first kappa shape index (κ1) is 19.9. The number of anilines is 1. The quantitative estimate of drug-likeness (QED) is 0.496. The largest absolute Gasteiger partial charge is 0.353 e. The molecule has 0 unspecified atom stereocenters. The molecule has 0 radical (unpaired) electrons. The molecule has 0 aliphatic carbocycles. The van der Waals surface area contributed by atoms with Gasteiger partial charge >= 0.3 is 0 Å². The molecular weight excluding hydrogens is 404 g/mol. The number of carbonyl (C=O) groups is 1. The molecule has 1 aromatic carbocycles. The molecule has 1 aliphatic heterocycles. The van der Waals surface area contributed by atoms with Crippen molar-refractivity contribution in [2.45, 2.75) is 6.92 Å². The van der Waals surface area contributed by atoms with Crippen LogP contribution in [-0.2, 0) is 7.05 Å². The normalized spacial score (nSPS) is 14.1. The maximum absolute atomic E-state index is 13.2. The summed E-state index contributed by atoms with van der Waals surface area (Å²) in [5.41, 5.74) is 2.40. The van der Waals surface area contributed by atoms with Crippen molar-refractivity contribution in [2.24, 2.45) is 7.05 Å². The molecule has 0 saturated carbocycles. The first-order valence-electron chi connectivity index (χ1n) is 10.6. The van der Waals surface area contributed by atoms with Gasteiger partial charge in [-0.25, -0.2) is 14.6 Å². The Morgan fingerprint density at radius 2 is 1.69 bits per heavy atom. The molecule has 5 rings (SSSR count). The third-order valence-corrected chi connectivity index (χ3v) is 5.61. The van der Waals surface area contributed by atoms with Crippen LogP contribution in [0.3, 0.4) is 0 Å². The highest BCUT2D eigenvalue weighted by atomic mass is 16.2. The highest BCUT2D eigenvalue weighted by Crippen LogP contribution is 2.21. The summed E-state index contributed by atoms with van der Waals surface area (Å²) in [6.45, 7) is 4.51. The number of nitrogens with zero attached hydrogens (tertiary/aromatic N) is 8. The number of aromatic nitrogens is 6. The number of carbonyl (C=O) groups excluding carboxylic acids is 1. The fourth-order valence-corrected chi connectivity index (χ4v) is 3.94. The first-order chi connectivity index (χ1) is 15.6. The molecule has 4 aromatic rings. The SMILES string of the molecule is Cc1nc(N2CCN(C(=O)c3cc(-c4ccccc4)nn3C)CC2)cc(-n2cccn2)n1. The second-order valence-corrected chi connectivity index (χ2v) is 7.77. The molecule has 1 aliphatic rings. The maximum atomic E-state index is 13.2. The number of aryl methyl sites for hydroxylation is 2. The summed E-state index contributed by atoms with van der Waals surface area (Å²) in [6, 6.07) is 15.6. The average molecular weight is 429 g/mol. The summed E-state index contributed by atoms with van der Waals surface area (Å²) in [5, 5.41) is 8.80. The summed E-state index contributed by atoms with van der Waals surface area (Å²) >= 11 is 0. The van der Waals surface area contributed by atoms with E-state index in [4.69, 9.17) is 0 Å². The van der Waals surface area contributed by atoms with Gasteiger partial charge in [-0.05, 0) is 19.1 Å². The standard InChI is InChI=1S/C23H24N8O/c1-17-25-21(16-22(26-17)31-10-6-9-24-31)29-11-13-30(14-12-29)23(32)20-15-19(27-28(20)2)18-7-4-3-5-8-18/h3-10,15-16H,11-14H2,1-2H3. The van der Waals surface area contributed by atoms with Gasteiger partial charge in [-0.15, -0.1) is 0 Å². The van der Waals surface area contributed by atoms with Crippen molar-refractivity contribution in [3.05, 3.63) is 72.4 Å². The minimum absolute atomic E-state index is 0.00192. The predicted octanol–water partition coefficient (Wildman–Crippen LogP) is 2.33. The van der Waals surface area contributed by atoms with E-state index < -0.39 is 0 Å². The lowest BCUT2D eigenvalue weighted by molar-refractivity contribution is 0.0735. The molecule has 0 N–H and O–H groups in total. The topological polar surface area (TPSA) is 85.0 Å². The zero-order chi connectivity index (χ0) is 22.1. The second-order valence-electron chi connectivity index (χ2n) is 7.77. The molecule has 1 saturated heterocycles. The summed E-state index contributed by atoms with van der Waals surface area (Å²) in [7, 11) is 1.82. The minimum Gasteiger partial charge on any atom is -0.353 e. The molecule has 0 bridgehead atoms. The monoisotopic (exact) mass is 428 g/mol. The van der Waals surface area contributed by atoms with E-state index in [0.29, 0.717) is 37.7 Å². The second kappa shape index (κ2) is 8.26. The maximum Gasteiger partial charge on any atom is 0.272 e. The zero-order valence-corrected chi connectivity index (χ0v) is 18.1. The van der Waals surface area contributed by atoms with Gasteiger partial charge in [0.15, 0.2) is 5.82 Å². The Balaban J connectivity index is 1.29. The van der Waals surface area contributed by atoms with Gasteiger partial charge < -0.3 is 9.80 Å². The van der Waals surface area contributed by atoms with Crippen molar-refractivity contribution in [3.63, 3.8) is 0 Å². The van der Waals surface area contributed by atoms with Crippen LogP contribution in [0.4, 0.5) is 5.82 Å². The van der Waals surface area contributed by atoms with Crippen LogP contribution in [0.25, 0.3) is 17.1 Å². The van der Waals surface area contributed by atoms with Crippen LogP contribution in [0.15, 0.2) is 60.9 Å². The molecule has 0 spiro atoms. The molecule has 9 nitrogen and oxygen atoms in total. The van der Waals surface area contributed by atoms with Crippen LogP contribution in [0.1, 0.15) is 16.3 Å². The Morgan fingerprint density at radius 1 is 0.938 bits per heavy atom. The number of benzene rings is 1. The number of amides is 1. The van der Waals surface area contributed by atoms with Gasteiger partial charge in [0, 0.05) is 57.3 Å². The number of rotatable bonds is 4. The van der Waals surface area contributed by atoms with Crippen molar-refractivity contribution in [1.29, 1.82) is 0 Å². The van der Waals surface area contributed by atoms with Crippen LogP contribution in [0.2, 0.25) is 0 Å². The number of piperazine rings is 1. The average Bonchev–Trinajstić information content (AvgIpc) is 3.49. The minimum atomic E-state index is -0.00192. The summed E-state index contributed by atoms with van der Waals surface area (Å²) in [4.78, 5) is 26.3. The molecule has 3 aromatic heterocycles. The highest BCUT2D eigenvalue weighted by Gasteiger charge is 2.26. The molecule has 162 valence electrons. The van der Waals surface area contributed by atoms with Gasteiger partial charge in [-0.3, -0.25) is 9.48 Å². The van der Waals surface area contributed by atoms with Gasteiger partial charge in [-0.2, -0.15) is 10.2 Å². The van der Waals surface area contributed by atoms with E-state index >= 15 is 0 Å². The van der Waals surface area contributed by atoms with Crippen LogP contribution in [-0.4, -0.2) is 66.5 Å². The summed E-state index contributed by atoms with van der Waals surface area (Å²) in [6.07, 6.45) is 3.59. The summed E-state index contributed by atoms with van der Waals surface area (Å²) in [5.74, 6) is 2.27.